The van der Waals surface area contributed by atoms with Gasteiger partial charge in [0.25, 0.3) is 0 Å². The Balaban J connectivity index is 0.000000791. The molecule has 1 aliphatic rings. The van der Waals surface area contributed by atoms with Crippen LogP contribution in [0.25, 0.3) is 0 Å². The molecule has 84 valence electrons. The number of carbonyl (C=O) groups is 1. The summed E-state index contributed by atoms with van der Waals surface area (Å²) in [5, 5.41) is 2.99. The van der Waals surface area contributed by atoms with E-state index in [0.717, 1.165) is 5.92 Å². The molecule has 1 fully saturated rings. The van der Waals surface area contributed by atoms with Crippen molar-refractivity contribution < 1.29 is 4.79 Å². The van der Waals surface area contributed by atoms with Crippen molar-refractivity contribution in [1.29, 1.82) is 0 Å². The highest BCUT2D eigenvalue weighted by molar-refractivity contribution is 5.73. The number of hydrogen-bond acceptors (Lipinski definition) is 1. The van der Waals surface area contributed by atoms with Gasteiger partial charge in [-0.3, -0.25) is 4.79 Å². The number of carbonyl (C=O) groups excluding carboxylic acids is 1. The maximum absolute atomic E-state index is 10.8. The summed E-state index contributed by atoms with van der Waals surface area (Å²) in [5.74, 6) is 1.03. The van der Waals surface area contributed by atoms with Gasteiger partial charge in [-0.1, -0.05) is 27.2 Å². The maximum Gasteiger partial charge on any atom is 0.217 e. The molecule has 1 rings (SSSR count). The van der Waals surface area contributed by atoms with Crippen LogP contribution in [-0.4, -0.2) is 11.9 Å². The van der Waals surface area contributed by atoms with E-state index in [0.29, 0.717) is 6.04 Å². The summed E-state index contributed by atoms with van der Waals surface area (Å²) < 4.78 is 0. The first-order chi connectivity index (χ1) is 6.72. The van der Waals surface area contributed by atoms with E-state index in [1.165, 1.54) is 32.1 Å². The molecular formula is C12H25NO. The van der Waals surface area contributed by atoms with Gasteiger partial charge in [0.1, 0.15) is 0 Å². The normalized spacial score (nSPS) is 26.0. The fourth-order valence-corrected chi connectivity index (χ4v) is 2.00. The predicted octanol–water partition coefficient (Wildman–Crippen LogP) is 3.12. The third kappa shape index (κ3) is 5.25. The van der Waals surface area contributed by atoms with Crippen molar-refractivity contribution in [1.82, 2.24) is 5.32 Å². The quantitative estimate of drug-likeness (QED) is 0.727. The molecule has 0 radical (unpaired) electrons. The number of hydrogen-bond donors (Lipinski definition) is 1. The Morgan fingerprint density at radius 1 is 1.21 bits per heavy atom. The van der Waals surface area contributed by atoms with Gasteiger partial charge in [0, 0.05) is 13.0 Å². The highest BCUT2D eigenvalue weighted by Gasteiger charge is 2.19. The van der Waals surface area contributed by atoms with E-state index < -0.39 is 0 Å². The lowest BCUT2D eigenvalue weighted by Crippen LogP contribution is -2.36. The van der Waals surface area contributed by atoms with Crippen molar-refractivity contribution in [3.8, 4) is 0 Å². The van der Waals surface area contributed by atoms with Crippen LogP contribution >= 0.6 is 0 Å². The Morgan fingerprint density at radius 2 is 1.71 bits per heavy atom. The Labute approximate surface area is 88.5 Å². The minimum absolute atomic E-state index is 0.120. The van der Waals surface area contributed by atoms with Crippen molar-refractivity contribution >= 4 is 5.91 Å². The van der Waals surface area contributed by atoms with Gasteiger partial charge in [-0.05, 0) is 31.6 Å². The zero-order valence-electron chi connectivity index (χ0n) is 10.1. The SMILES string of the molecule is CC.CCC1CCC(NC(C)=O)CC1. The molecule has 0 unspecified atom stereocenters. The predicted molar refractivity (Wildman–Crippen MR) is 61.2 cm³/mol. The van der Waals surface area contributed by atoms with E-state index in [1.54, 1.807) is 6.92 Å². The Morgan fingerprint density at radius 3 is 2.07 bits per heavy atom. The molecule has 14 heavy (non-hydrogen) atoms. The Kier molecular flexibility index (Phi) is 7.54. The van der Waals surface area contributed by atoms with Crippen LogP contribution in [-0.2, 0) is 4.79 Å². The third-order valence-corrected chi connectivity index (χ3v) is 2.83. The molecule has 0 atom stereocenters. The average Bonchev–Trinajstić information content (AvgIpc) is 2.21. The zero-order valence-corrected chi connectivity index (χ0v) is 10.1. The van der Waals surface area contributed by atoms with E-state index in [2.05, 4.69) is 12.2 Å². The first-order valence-corrected chi connectivity index (χ1v) is 5.99. The molecular weight excluding hydrogens is 174 g/mol. The van der Waals surface area contributed by atoms with Gasteiger partial charge in [-0.2, -0.15) is 0 Å². The molecule has 0 aromatic carbocycles. The molecule has 0 aromatic rings. The zero-order chi connectivity index (χ0) is 11.0. The molecule has 0 aromatic heterocycles. The lowest BCUT2D eigenvalue weighted by Gasteiger charge is -2.27. The molecule has 0 heterocycles. The lowest BCUT2D eigenvalue weighted by atomic mass is 9.84. The third-order valence-electron chi connectivity index (χ3n) is 2.83. The van der Waals surface area contributed by atoms with Crippen LogP contribution in [0.2, 0.25) is 0 Å². The number of rotatable bonds is 2. The van der Waals surface area contributed by atoms with Crippen LogP contribution in [0.4, 0.5) is 0 Å². The summed E-state index contributed by atoms with van der Waals surface area (Å²) in [6, 6.07) is 0.463. The van der Waals surface area contributed by atoms with Gasteiger partial charge in [0.15, 0.2) is 0 Å². The summed E-state index contributed by atoms with van der Waals surface area (Å²) >= 11 is 0. The maximum atomic E-state index is 10.8. The highest BCUT2D eigenvalue weighted by Crippen LogP contribution is 2.26. The summed E-state index contributed by atoms with van der Waals surface area (Å²) in [4.78, 5) is 10.8. The topological polar surface area (TPSA) is 29.1 Å². The monoisotopic (exact) mass is 199 g/mol. The summed E-state index contributed by atoms with van der Waals surface area (Å²) in [7, 11) is 0. The van der Waals surface area contributed by atoms with Gasteiger partial charge >= 0.3 is 0 Å². The summed E-state index contributed by atoms with van der Waals surface area (Å²) in [6.07, 6.45) is 6.24. The smallest absolute Gasteiger partial charge is 0.217 e. The molecule has 1 saturated carbocycles. The minimum Gasteiger partial charge on any atom is -0.354 e. The first-order valence-electron chi connectivity index (χ1n) is 5.99. The molecule has 0 spiro atoms. The molecule has 1 amide bonds. The fourth-order valence-electron chi connectivity index (χ4n) is 2.00. The van der Waals surface area contributed by atoms with E-state index in [1.807, 2.05) is 13.8 Å². The minimum atomic E-state index is 0.120. The average molecular weight is 199 g/mol. The molecule has 2 heteroatoms. The fraction of sp³-hybridized carbons (Fsp3) is 0.917. The number of nitrogens with one attached hydrogen (secondary N) is 1. The van der Waals surface area contributed by atoms with Gasteiger partial charge in [0.05, 0.1) is 0 Å². The van der Waals surface area contributed by atoms with Crippen molar-refractivity contribution in [3.63, 3.8) is 0 Å². The Bertz CT molecular complexity index is 148. The van der Waals surface area contributed by atoms with Crippen LogP contribution in [0, 0.1) is 5.92 Å². The van der Waals surface area contributed by atoms with Crippen molar-refractivity contribution in [2.75, 3.05) is 0 Å². The van der Waals surface area contributed by atoms with Gasteiger partial charge in [-0.15, -0.1) is 0 Å². The molecule has 1 aliphatic carbocycles. The van der Waals surface area contributed by atoms with E-state index >= 15 is 0 Å². The highest BCUT2D eigenvalue weighted by atomic mass is 16.1. The second-order valence-corrected chi connectivity index (χ2v) is 3.83. The molecule has 0 saturated heterocycles. The van der Waals surface area contributed by atoms with Gasteiger partial charge < -0.3 is 5.32 Å². The Hall–Kier alpha value is -0.530. The standard InChI is InChI=1S/C10H19NO.C2H6/c1-3-9-4-6-10(7-5-9)11-8(2)12;1-2/h9-10H,3-7H2,1-2H3,(H,11,12);1-2H3. The largest absolute Gasteiger partial charge is 0.354 e. The van der Waals surface area contributed by atoms with Crippen molar-refractivity contribution in [2.24, 2.45) is 5.92 Å². The molecule has 0 bridgehead atoms. The van der Waals surface area contributed by atoms with Crippen molar-refractivity contribution in [2.45, 2.75) is 65.8 Å². The summed E-state index contributed by atoms with van der Waals surface area (Å²) in [5.41, 5.74) is 0. The van der Waals surface area contributed by atoms with Crippen LogP contribution in [0.15, 0.2) is 0 Å². The molecule has 0 aliphatic heterocycles. The second-order valence-electron chi connectivity index (χ2n) is 3.83. The molecule has 1 N–H and O–H groups in total. The van der Waals surface area contributed by atoms with Crippen LogP contribution in [0.5, 0.6) is 0 Å². The van der Waals surface area contributed by atoms with Gasteiger partial charge in [0.2, 0.25) is 5.91 Å². The van der Waals surface area contributed by atoms with Crippen LogP contribution in [0.3, 0.4) is 0 Å². The molecule has 2 nitrogen and oxygen atoms in total. The van der Waals surface area contributed by atoms with Crippen LogP contribution < -0.4 is 5.32 Å². The second kappa shape index (κ2) is 7.84. The van der Waals surface area contributed by atoms with Crippen LogP contribution in [0.1, 0.15) is 59.8 Å². The first kappa shape index (κ1) is 13.5. The van der Waals surface area contributed by atoms with Gasteiger partial charge in [-0.25, -0.2) is 0 Å². The van der Waals surface area contributed by atoms with E-state index in [4.69, 9.17) is 0 Å². The van der Waals surface area contributed by atoms with Crippen molar-refractivity contribution in [3.05, 3.63) is 0 Å². The van der Waals surface area contributed by atoms with E-state index in [9.17, 15) is 4.79 Å². The summed E-state index contributed by atoms with van der Waals surface area (Å²) in [6.45, 7) is 7.86. The van der Waals surface area contributed by atoms with E-state index in [-0.39, 0.29) is 5.91 Å². The lowest BCUT2D eigenvalue weighted by molar-refractivity contribution is -0.119. The number of amides is 1.